The smallest absolute Gasteiger partial charge is 0.0650 e. The van der Waals surface area contributed by atoms with Crippen LogP contribution in [-0.4, -0.2) is 22.8 Å². The first-order valence-corrected chi connectivity index (χ1v) is 6.03. The van der Waals surface area contributed by atoms with E-state index in [1.54, 1.807) is 0 Å². The number of rotatable bonds is 3. The lowest BCUT2D eigenvalue weighted by molar-refractivity contribution is 0.397. The van der Waals surface area contributed by atoms with E-state index >= 15 is 0 Å². The molecule has 0 saturated carbocycles. The Bertz CT molecular complexity index is 298. The fourth-order valence-electron chi connectivity index (χ4n) is 2.14. The van der Waals surface area contributed by atoms with Crippen LogP contribution < -0.4 is 5.32 Å². The lowest BCUT2D eigenvalue weighted by Gasteiger charge is -2.22. The van der Waals surface area contributed by atoms with Gasteiger partial charge < -0.3 is 5.32 Å². The van der Waals surface area contributed by atoms with Gasteiger partial charge in [0.25, 0.3) is 0 Å². The van der Waals surface area contributed by atoms with E-state index in [2.05, 4.69) is 35.4 Å². The Morgan fingerprint density at radius 3 is 2.93 bits per heavy atom. The summed E-state index contributed by atoms with van der Waals surface area (Å²) in [6.07, 6.45) is 5.09. The van der Waals surface area contributed by atoms with Crippen LogP contribution in [0.5, 0.6) is 0 Å². The number of aromatic nitrogens is 2. The van der Waals surface area contributed by atoms with Gasteiger partial charge in [-0.05, 0) is 31.4 Å². The Balaban J connectivity index is 1.91. The summed E-state index contributed by atoms with van der Waals surface area (Å²) >= 11 is 0. The Kier molecular flexibility index (Phi) is 3.41. The van der Waals surface area contributed by atoms with Crippen LogP contribution in [-0.2, 0) is 6.42 Å². The number of hydrogen-bond acceptors (Lipinski definition) is 2. The average molecular weight is 207 g/mol. The van der Waals surface area contributed by atoms with Gasteiger partial charge in [-0.15, -0.1) is 0 Å². The Morgan fingerprint density at radius 1 is 1.47 bits per heavy atom. The summed E-state index contributed by atoms with van der Waals surface area (Å²) in [6, 6.07) is 2.86. The molecule has 2 rings (SSSR count). The van der Waals surface area contributed by atoms with Crippen molar-refractivity contribution in [3.8, 4) is 0 Å². The van der Waals surface area contributed by atoms with Gasteiger partial charge in [-0.3, -0.25) is 5.10 Å². The highest BCUT2D eigenvalue weighted by Gasteiger charge is 2.14. The van der Waals surface area contributed by atoms with E-state index < -0.39 is 0 Å². The van der Waals surface area contributed by atoms with Crippen LogP contribution in [0.15, 0.2) is 6.07 Å². The van der Waals surface area contributed by atoms with Gasteiger partial charge in [0.05, 0.1) is 5.69 Å². The zero-order valence-corrected chi connectivity index (χ0v) is 9.71. The maximum Gasteiger partial charge on any atom is 0.0650 e. The van der Waals surface area contributed by atoms with Gasteiger partial charge in [-0.1, -0.05) is 20.3 Å². The Labute approximate surface area is 91.7 Å². The van der Waals surface area contributed by atoms with Gasteiger partial charge in [0, 0.05) is 18.2 Å². The molecule has 15 heavy (non-hydrogen) atoms. The molecule has 3 nitrogen and oxygen atoms in total. The van der Waals surface area contributed by atoms with Crippen molar-refractivity contribution in [2.24, 2.45) is 0 Å². The first-order chi connectivity index (χ1) is 7.25. The van der Waals surface area contributed by atoms with E-state index in [0.717, 1.165) is 6.42 Å². The summed E-state index contributed by atoms with van der Waals surface area (Å²) in [4.78, 5) is 0. The van der Waals surface area contributed by atoms with E-state index in [-0.39, 0.29) is 0 Å². The van der Waals surface area contributed by atoms with E-state index in [1.807, 2.05) is 0 Å². The second kappa shape index (κ2) is 4.79. The van der Waals surface area contributed by atoms with Crippen molar-refractivity contribution in [3.63, 3.8) is 0 Å². The summed E-state index contributed by atoms with van der Waals surface area (Å²) in [6.45, 7) is 5.54. The van der Waals surface area contributed by atoms with Crippen LogP contribution in [0, 0.1) is 0 Å². The third-order valence-electron chi connectivity index (χ3n) is 3.12. The second-order valence-electron chi connectivity index (χ2n) is 4.82. The summed E-state index contributed by atoms with van der Waals surface area (Å²) in [5.74, 6) is 0.523. The molecule has 0 aromatic carbocycles. The third-order valence-corrected chi connectivity index (χ3v) is 3.12. The van der Waals surface area contributed by atoms with Crippen LogP contribution in [0.25, 0.3) is 0 Å². The van der Waals surface area contributed by atoms with Crippen molar-refractivity contribution >= 4 is 0 Å². The molecule has 0 radical (unpaired) electrons. The molecule has 0 spiro atoms. The molecule has 1 atom stereocenters. The fourth-order valence-corrected chi connectivity index (χ4v) is 2.14. The summed E-state index contributed by atoms with van der Waals surface area (Å²) in [7, 11) is 0. The van der Waals surface area contributed by atoms with Crippen molar-refractivity contribution in [1.82, 2.24) is 15.5 Å². The molecule has 1 aromatic heterocycles. The zero-order valence-electron chi connectivity index (χ0n) is 9.71. The van der Waals surface area contributed by atoms with E-state index in [4.69, 9.17) is 0 Å². The van der Waals surface area contributed by atoms with Crippen LogP contribution in [0.1, 0.15) is 50.4 Å². The van der Waals surface area contributed by atoms with Crippen LogP contribution in [0.3, 0.4) is 0 Å². The number of piperidine rings is 1. The first kappa shape index (κ1) is 10.7. The van der Waals surface area contributed by atoms with Crippen molar-refractivity contribution in [3.05, 3.63) is 17.5 Å². The minimum Gasteiger partial charge on any atom is -0.314 e. The predicted molar refractivity (Wildman–Crippen MR) is 62.0 cm³/mol. The zero-order chi connectivity index (χ0) is 10.7. The number of aromatic amines is 1. The van der Waals surface area contributed by atoms with Crippen LogP contribution >= 0.6 is 0 Å². The predicted octanol–water partition coefficient (Wildman–Crippen LogP) is 2.22. The number of nitrogens with zero attached hydrogens (tertiary/aromatic N) is 1. The largest absolute Gasteiger partial charge is 0.314 e. The molecule has 3 heteroatoms. The molecule has 84 valence electrons. The maximum absolute atomic E-state index is 4.33. The van der Waals surface area contributed by atoms with Crippen LogP contribution in [0.4, 0.5) is 0 Å². The van der Waals surface area contributed by atoms with Crippen molar-refractivity contribution in [2.45, 2.75) is 51.5 Å². The minimum atomic E-state index is 0.523. The fraction of sp³-hybridized carbons (Fsp3) is 0.750. The second-order valence-corrected chi connectivity index (χ2v) is 4.82. The SMILES string of the molecule is CC(C)c1cc(CC2CCCCN2)[nH]n1. The molecule has 0 amide bonds. The molecule has 1 saturated heterocycles. The van der Waals surface area contributed by atoms with Gasteiger partial charge in [0.15, 0.2) is 0 Å². The van der Waals surface area contributed by atoms with Crippen LogP contribution in [0.2, 0.25) is 0 Å². The average Bonchev–Trinajstić information content (AvgIpc) is 2.68. The highest BCUT2D eigenvalue weighted by Crippen LogP contribution is 2.15. The summed E-state index contributed by atoms with van der Waals surface area (Å²) in [5, 5.41) is 11.0. The first-order valence-electron chi connectivity index (χ1n) is 6.03. The Morgan fingerprint density at radius 2 is 2.33 bits per heavy atom. The maximum atomic E-state index is 4.33. The topological polar surface area (TPSA) is 40.7 Å². The van der Waals surface area contributed by atoms with Gasteiger partial charge in [-0.2, -0.15) is 5.10 Å². The number of hydrogen-bond donors (Lipinski definition) is 2. The standard InChI is InChI=1S/C12H21N3/c1-9(2)12-8-11(14-15-12)7-10-5-3-4-6-13-10/h8-10,13H,3-7H2,1-2H3,(H,14,15). The lowest BCUT2D eigenvalue weighted by Crippen LogP contribution is -2.35. The van der Waals surface area contributed by atoms with Gasteiger partial charge in [0.2, 0.25) is 0 Å². The normalized spacial score (nSPS) is 22.2. The molecular formula is C12H21N3. The number of H-pyrrole nitrogens is 1. The van der Waals surface area contributed by atoms with Gasteiger partial charge in [-0.25, -0.2) is 0 Å². The third kappa shape index (κ3) is 2.81. The van der Waals surface area contributed by atoms with E-state index in [1.165, 1.54) is 37.2 Å². The highest BCUT2D eigenvalue weighted by molar-refractivity contribution is 5.13. The molecule has 1 aliphatic rings. The highest BCUT2D eigenvalue weighted by atomic mass is 15.1. The molecular weight excluding hydrogens is 186 g/mol. The van der Waals surface area contributed by atoms with Gasteiger partial charge >= 0.3 is 0 Å². The summed E-state index contributed by atoms with van der Waals surface area (Å²) < 4.78 is 0. The molecule has 2 heterocycles. The molecule has 1 fully saturated rings. The minimum absolute atomic E-state index is 0.523. The van der Waals surface area contributed by atoms with Crippen molar-refractivity contribution in [1.29, 1.82) is 0 Å². The van der Waals surface area contributed by atoms with Gasteiger partial charge in [0.1, 0.15) is 0 Å². The molecule has 1 aromatic rings. The van der Waals surface area contributed by atoms with E-state index in [0.29, 0.717) is 12.0 Å². The molecule has 0 bridgehead atoms. The summed E-state index contributed by atoms with van der Waals surface area (Å²) in [5.41, 5.74) is 2.46. The molecule has 2 N–H and O–H groups in total. The van der Waals surface area contributed by atoms with Crippen molar-refractivity contribution in [2.75, 3.05) is 6.54 Å². The lowest BCUT2D eigenvalue weighted by atomic mass is 10.00. The molecule has 0 aliphatic carbocycles. The van der Waals surface area contributed by atoms with Crippen molar-refractivity contribution < 1.29 is 0 Å². The Hall–Kier alpha value is -0.830. The number of nitrogens with one attached hydrogen (secondary N) is 2. The molecule has 1 aliphatic heterocycles. The van der Waals surface area contributed by atoms with E-state index in [9.17, 15) is 0 Å². The monoisotopic (exact) mass is 207 g/mol. The molecule has 1 unspecified atom stereocenters. The quantitative estimate of drug-likeness (QED) is 0.798.